The van der Waals surface area contributed by atoms with E-state index >= 15 is 0 Å². The fourth-order valence-electron chi connectivity index (χ4n) is 5.52. The van der Waals surface area contributed by atoms with E-state index in [0.29, 0.717) is 12.2 Å². The van der Waals surface area contributed by atoms with Crippen LogP contribution < -0.4 is 14.8 Å². The van der Waals surface area contributed by atoms with Crippen LogP contribution in [0.3, 0.4) is 0 Å². The molecule has 1 amide bonds. The molecule has 0 bridgehead atoms. The predicted octanol–water partition coefficient (Wildman–Crippen LogP) is 6.59. The Morgan fingerprint density at radius 3 is 2.45 bits per heavy atom. The van der Waals surface area contributed by atoms with Crippen LogP contribution >= 0.6 is 0 Å². The van der Waals surface area contributed by atoms with E-state index in [2.05, 4.69) is 39.5 Å². The summed E-state index contributed by atoms with van der Waals surface area (Å²) in [5.74, 6) is 1.61. The topological polar surface area (TPSA) is 66.6 Å². The van der Waals surface area contributed by atoms with Gasteiger partial charge in [0.2, 0.25) is 0 Å². The highest BCUT2D eigenvalue weighted by Crippen LogP contribution is 2.39. The molecule has 6 rings (SSSR count). The zero-order chi connectivity index (χ0) is 26.1. The number of piperidine rings is 1. The van der Waals surface area contributed by atoms with Crippen LogP contribution in [0.25, 0.3) is 33.2 Å². The number of carbonyl (C=O) groups excluding carboxylic acids is 1. The second-order valence-electron chi connectivity index (χ2n) is 10.1. The third-order valence-corrected chi connectivity index (χ3v) is 7.68. The molecule has 0 unspecified atom stereocenters. The SMILES string of the molecule is COc1ccc(-c2ccc3c(c2)NC(=O)/C3=C(/C)c2cc3cc(OCCN4CCCCC4)ccc3[nH]2)cc1. The van der Waals surface area contributed by atoms with Crippen LogP contribution in [-0.2, 0) is 4.79 Å². The Morgan fingerprint density at radius 2 is 1.66 bits per heavy atom. The first-order chi connectivity index (χ1) is 18.6. The van der Waals surface area contributed by atoms with Gasteiger partial charge in [-0.3, -0.25) is 9.69 Å². The molecule has 38 heavy (non-hydrogen) atoms. The quantitative estimate of drug-likeness (QED) is 0.277. The van der Waals surface area contributed by atoms with Crippen molar-refractivity contribution in [2.75, 3.05) is 38.7 Å². The number of hydrogen-bond donors (Lipinski definition) is 2. The number of nitrogens with zero attached hydrogens (tertiary/aromatic N) is 1. The van der Waals surface area contributed by atoms with E-state index in [1.54, 1.807) is 7.11 Å². The van der Waals surface area contributed by atoms with Gasteiger partial charge in [-0.1, -0.05) is 30.7 Å². The lowest BCUT2D eigenvalue weighted by atomic mass is 9.97. The first-order valence-corrected chi connectivity index (χ1v) is 13.4. The molecule has 6 nitrogen and oxygen atoms in total. The van der Waals surface area contributed by atoms with E-state index in [4.69, 9.17) is 9.47 Å². The summed E-state index contributed by atoms with van der Waals surface area (Å²) in [6.07, 6.45) is 3.93. The number of likely N-dealkylation sites (tertiary alicyclic amines) is 1. The third kappa shape index (κ3) is 4.79. The van der Waals surface area contributed by atoms with Crippen LogP contribution in [0.1, 0.15) is 37.4 Å². The number of allylic oxidation sites excluding steroid dienone is 1. The molecular formula is C32H33N3O3. The summed E-state index contributed by atoms with van der Waals surface area (Å²) < 4.78 is 11.3. The molecule has 1 saturated heterocycles. The highest BCUT2D eigenvalue weighted by atomic mass is 16.5. The van der Waals surface area contributed by atoms with Crippen molar-refractivity contribution in [3.05, 3.63) is 78.0 Å². The second kappa shape index (κ2) is 10.4. The molecule has 3 aromatic carbocycles. The van der Waals surface area contributed by atoms with Gasteiger partial charge in [0.25, 0.3) is 5.91 Å². The minimum absolute atomic E-state index is 0.0789. The highest BCUT2D eigenvalue weighted by molar-refractivity contribution is 6.36. The monoisotopic (exact) mass is 507 g/mol. The molecule has 0 saturated carbocycles. The molecule has 0 spiro atoms. The molecule has 2 N–H and O–H groups in total. The number of rotatable bonds is 7. The van der Waals surface area contributed by atoms with Crippen LogP contribution in [0.4, 0.5) is 5.69 Å². The van der Waals surface area contributed by atoms with Gasteiger partial charge in [-0.15, -0.1) is 0 Å². The maximum Gasteiger partial charge on any atom is 0.256 e. The lowest BCUT2D eigenvalue weighted by molar-refractivity contribution is -0.110. The molecule has 2 aliphatic heterocycles. The van der Waals surface area contributed by atoms with E-state index in [1.807, 2.05) is 49.4 Å². The molecular weight excluding hydrogens is 474 g/mol. The van der Waals surface area contributed by atoms with Crippen molar-refractivity contribution in [1.29, 1.82) is 0 Å². The van der Waals surface area contributed by atoms with E-state index in [0.717, 1.165) is 62.6 Å². The van der Waals surface area contributed by atoms with Crippen LogP contribution in [-0.4, -0.2) is 49.1 Å². The van der Waals surface area contributed by atoms with Gasteiger partial charge in [0.05, 0.1) is 12.7 Å². The maximum absolute atomic E-state index is 13.1. The van der Waals surface area contributed by atoms with Crippen LogP contribution in [0.5, 0.6) is 11.5 Å². The summed E-state index contributed by atoms with van der Waals surface area (Å²) in [6.45, 7) is 6.02. The number of nitrogens with one attached hydrogen (secondary N) is 2. The van der Waals surface area contributed by atoms with Crippen molar-refractivity contribution in [2.24, 2.45) is 0 Å². The Bertz CT molecular complexity index is 1510. The second-order valence-corrected chi connectivity index (χ2v) is 10.1. The molecule has 194 valence electrons. The van der Waals surface area contributed by atoms with Gasteiger partial charge in [-0.05, 0) is 92.0 Å². The van der Waals surface area contributed by atoms with Crippen LogP contribution in [0.2, 0.25) is 0 Å². The van der Waals surface area contributed by atoms with Crippen molar-refractivity contribution >= 4 is 33.6 Å². The summed E-state index contributed by atoms with van der Waals surface area (Å²) in [5.41, 5.74) is 7.45. The molecule has 6 heteroatoms. The van der Waals surface area contributed by atoms with E-state index < -0.39 is 0 Å². The average Bonchev–Trinajstić information content (AvgIpc) is 3.53. The van der Waals surface area contributed by atoms with Crippen LogP contribution in [0, 0.1) is 0 Å². The molecule has 4 aromatic rings. The van der Waals surface area contributed by atoms with E-state index in [1.165, 1.54) is 32.4 Å². The Balaban J connectivity index is 1.23. The minimum Gasteiger partial charge on any atom is -0.497 e. The van der Waals surface area contributed by atoms with Crippen molar-refractivity contribution in [3.63, 3.8) is 0 Å². The number of aromatic amines is 1. The Kier molecular flexibility index (Phi) is 6.64. The largest absolute Gasteiger partial charge is 0.497 e. The van der Waals surface area contributed by atoms with Gasteiger partial charge in [0.1, 0.15) is 18.1 Å². The zero-order valence-electron chi connectivity index (χ0n) is 22.0. The van der Waals surface area contributed by atoms with Gasteiger partial charge >= 0.3 is 0 Å². The summed E-state index contributed by atoms with van der Waals surface area (Å²) in [7, 11) is 1.66. The van der Waals surface area contributed by atoms with Crippen molar-refractivity contribution in [1.82, 2.24) is 9.88 Å². The minimum atomic E-state index is -0.0789. The first-order valence-electron chi connectivity index (χ1n) is 13.4. The molecule has 1 aromatic heterocycles. The van der Waals surface area contributed by atoms with E-state index in [9.17, 15) is 4.79 Å². The summed E-state index contributed by atoms with van der Waals surface area (Å²) in [6, 6.07) is 22.3. The number of anilines is 1. The highest BCUT2D eigenvalue weighted by Gasteiger charge is 2.27. The number of amides is 1. The number of fused-ring (bicyclic) bond motifs is 2. The molecule has 2 aliphatic rings. The molecule has 0 radical (unpaired) electrons. The van der Waals surface area contributed by atoms with Gasteiger partial charge in [-0.25, -0.2) is 0 Å². The number of carbonyl (C=O) groups is 1. The number of methoxy groups -OCH3 is 1. The van der Waals surface area contributed by atoms with Gasteiger partial charge in [0.15, 0.2) is 0 Å². The maximum atomic E-state index is 13.1. The fourth-order valence-corrected chi connectivity index (χ4v) is 5.52. The lowest BCUT2D eigenvalue weighted by Gasteiger charge is -2.26. The smallest absolute Gasteiger partial charge is 0.256 e. The third-order valence-electron chi connectivity index (χ3n) is 7.68. The number of H-pyrrole nitrogens is 1. The van der Waals surface area contributed by atoms with Crippen molar-refractivity contribution in [2.45, 2.75) is 26.2 Å². The Hall–Kier alpha value is -4.03. The van der Waals surface area contributed by atoms with Gasteiger partial charge in [0, 0.05) is 34.4 Å². The Morgan fingerprint density at radius 1 is 0.895 bits per heavy atom. The lowest BCUT2D eigenvalue weighted by Crippen LogP contribution is -2.33. The standard InChI is InChI=1S/C32H33N3O3/c1-21(29-20-24-18-26(11-13-28(24)33-29)38-17-16-35-14-4-3-5-15-35)31-27-12-8-23(19-30(27)34-32(31)36)22-6-9-25(37-2)10-7-22/h6-13,18-20,33H,3-5,14-17H2,1-2H3,(H,34,36)/b31-21-. The zero-order valence-corrected chi connectivity index (χ0v) is 22.0. The number of ether oxygens (including phenoxy) is 2. The summed E-state index contributed by atoms with van der Waals surface area (Å²) in [5, 5.41) is 4.14. The van der Waals surface area contributed by atoms with E-state index in [-0.39, 0.29) is 5.91 Å². The van der Waals surface area contributed by atoms with Gasteiger partial charge in [-0.2, -0.15) is 0 Å². The summed E-state index contributed by atoms with van der Waals surface area (Å²) >= 11 is 0. The van der Waals surface area contributed by atoms with Gasteiger partial charge < -0.3 is 19.8 Å². The number of benzene rings is 3. The number of hydrogen-bond acceptors (Lipinski definition) is 4. The van der Waals surface area contributed by atoms with Crippen molar-refractivity contribution < 1.29 is 14.3 Å². The molecule has 0 aliphatic carbocycles. The van der Waals surface area contributed by atoms with Crippen molar-refractivity contribution in [3.8, 4) is 22.6 Å². The molecule has 3 heterocycles. The normalized spacial score (nSPS) is 16.8. The summed E-state index contributed by atoms with van der Waals surface area (Å²) in [4.78, 5) is 19.0. The predicted molar refractivity (Wildman–Crippen MR) is 154 cm³/mol. The van der Waals surface area contributed by atoms with Crippen LogP contribution in [0.15, 0.2) is 66.7 Å². The Labute approximate surface area is 223 Å². The average molecular weight is 508 g/mol. The fraction of sp³-hybridized carbons (Fsp3) is 0.281. The number of aromatic nitrogens is 1. The molecule has 0 atom stereocenters. The first kappa shape index (κ1) is 24.3. The molecule has 1 fully saturated rings.